The molecule has 8 heteroatoms. The first-order valence-corrected chi connectivity index (χ1v) is 9.98. The lowest BCUT2D eigenvalue weighted by molar-refractivity contribution is 0.173. The van der Waals surface area contributed by atoms with Crippen LogP contribution in [0.15, 0.2) is 46.9 Å². The number of hydrogen-bond donors (Lipinski definition) is 0. The molecule has 0 amide bonds. The fraction of sp³-hybridized carbons (Fsp3) is 0.333. The van der Waals surface area contributed by atoms with Gasteiger partial charge in [0.1, 0.15) is 5.75 Å². The van der Waals surface area contributed by atoms with Crippen molar-refractivity contribution in [1.29, 1.82) is 0 Å². The van der Waals surface area contributed by atoms with E-state index in [4.69, 9.17) is 30.8 Å². The molecule has 0 N–H and O–H groups in total. The molecule has 3 aromatic rings. The van der Waals surface area contributed by atoms with E-state index in [1.165, 1.54) is 5.56 Å². The van der Waals surface area contributed by atoms with Crippen molar-refractivity contribution in [1.82, 2.24) is 14.7 Å². The maximum absolute atomic E-state index is 5.75. The Balaban J connectivity index is 1.36. The van der Waals surface area contributed by atoms with Gasteiger partial charge in [-0.1, -0.05) is 6.07 Å². The molecule has 5 rings (SSSR count). The van der Waals surface area contributed by atoms with Gasteiger partial charge in [0.15, 0.2) is 11.5 Å². The third-order valence-electron chi connectivity index (χ3n) is 5.40. The number of methoxy groups -OCH3 is 1. The summed E-state index contributed by atoms with van der Waals surface area (Å²) in [6, 6.07) is 14.0. The first kappa shape index (κ1) is 18.2. The van der Waals surface area contributed by atoms with Gasteiger partial charge in [0.25, 0.3) is 4.84 Å². The van der Waals surface area contributed by atoms with E-state index < -0.39 is 0 Å². The fourth-order valence-electron chi connectivity index (χ4n) is 3.91. The quantitative estimate of drug-likeness (QED) is 0.577. The Labute approximate surface area is 173 Å². The fourth-order valence-corrected chi connectivity index (χ4v) is 4.09. The highest BCUT2D eigenvalue weighted by molar-refractivity contribution is 7.71. The molecule has 3 heterocycles. The number of fused-ring (bicyclic) bond motifs is 1. The van der Waals surface area contributed by atoms with Gasteiger partial charge in [-0.3, -0.25) is 4.90 Å². The summed E-state index contributed by atoms with van der Waals surface area (Å²) < 4.78 is 23.7. The van der Waals surface area contributed by atoms with Gasteiger partial charge in [-0.2, -0.15) is 0 Å². The largest absolute Gasteiger partial charge is 0.497 e. The smallest absolute Gasteiger partial charge is 0.288 e. The normalized spacial score (nSPS) is 18.3. The van der Waals surface area contributed by atoms with E-state index in [2.05, 4.69) is 22.1 Å². The van der Waals surface area contributed by atoms with Crippen LogP contribution < -0.4 is 14.2 Å². The molecule has 0 spiro atoms. The summed E-state index contributed by atoms with van der Waals surface area (Å²) in [6.45, 7) is 1.85. The van der Waals surface area contributed by atoms with Crippen LogP contribution in [-0.2, 0) is 6.67 Å². The standard InChI is InChI=1S/C21H21N3O4S/c1-25-16-7-4-14(5-8-16)20-22-24(21(29)28-20)12-23-10-2-3-17(23)15-6-9-18-19(11-15)27-13-26-18/h4-9,11,17H,2-3,10,12-13H2,1H3. The molecule has 1 fully saturated rings. The number of rotatable bonds is 5. The molecular weight excluding hydrogens is 390 g/mol. The highest BCUT2D eigenvalue weighted by atomic mass is 32.1. The van der Waals surface area contributed by atoms with Gasteiger partial charge in [-0.15, -0.1) is 5.10 Å². The van der Waals surface area contributed by atoms with Crippen LogP contribution in [0.3, 0.4) is 0 Å². The van der Waals surface area contributed by atoms with E-state index in [1.54, 1.807) is 11.8 Å². The van der Waals surface area contributed by atoms with E-state index in [0.29, 0.717) is 17.4 Å². The number of benzene rings is 2. The third-order valence-corrected chi connectivity index (χ3v) is 5.70. The van der Waals surface area contributed by atoms with Gasteiger partial charge in [-0.05, 0) is 67.0 Å². The van der Waals surface area contributed by atoms with Gasteiger partial charge in [0, 0.05) is 18.2 Å². The van der Waals surface area contributed by atoms with Crippen molar-refractivity contribution in [3.05, 3.63) is 52.9 Å². The topological polar surface area (TPSA) is 61.9 Å². The van der Waals surface area contributed by atoms with Crippen molar-refractivity contribution in [3.63, 3.8) is 0 Å². The first-order chi connectivity index (χ1) is 14.2. The molecule has 0 radical (unpaired) electrons. The molecule has 2 aliphatic heterocycles. The van der Waals surface area contributed by atoms with Crippen LogP contribution in [-0.4, -0.2) is 35.1 Å². The SMILES string of the molecule is COc1ccc(-c2nn(CN3CCCC3c3ccc4c(c3)OCO4)c(=S)o2)cc1. The van der Waals surface area contributed by atoms with Gasteiger partial charge >= 0.3 is 0 Å². The summed E-state index contributed by atoms with van der Waals surface area (Å²) in [7, 11) is 1.64. The number of nitrogens with zero attached hydrogens (tertiary/aromatic N) is 3. The Hall–Kier alpha value is -2.84. The number of aromatic nitrogens is 2. The average molecular weight is 411 g/mol. The third kappa shape index (κ3) is 3.49. The maximum Gasteiger partial charge on any atom is 0.288 e. The van der Waals surface area contributed by atoms with E-state index in [-0.39, 0.29) is 12.8 Å². The van der Waals surface area contributed by atoms with Crippen LogP contribution in [0.4, 0.5) is 0 Å². The molecule has 29 heavy (non-hydrogen) atoms. The molecular formula is C21H21N3O4S. The summed E-state index contributed by atoms with van der Waals surface area (Å²) in [4.78, 5) is 2.74. The van der Waals surface area contributed by atoms with Crippen molar-refractivity contribution >= 4 is 12.2 Å². The second-order valence-electron chi connectivity index (χ2n) is 7.13. The van der Waals surface area contributed by atoms with E-state index in [9.17, 15) is 0 Å². The summed E-state index contributed by atoms with van der Waals surface area (Å²) in [5.41, 5.74) is 2.08. The molecule has 150 valence electrons. The Morgan fingerprint density at radius 3 is 2.79 bits per heavy atom. The monoisotopic (exact) mass is 411 g/mol. The summed E-state index contributed by atoms with van der Waals surface area (Å²) in [6.07, 6.45) is 2.20. The molecule has 2 aromatic carbocycles. The first-order valence-electron chi connectivity index (χ1n) is 9.57. The summed E-state index contributed by atoms with van der Waals surface area (Å²) in [5.74, 6) is 2.92. The van der Waals surface area contributed by atoms with Crippen LogP contribution >= 0.6 is 12.2 Å². The number of ether oxygens (including phenoxy) is 3. The predicted molar refractivity (Wildman–Crippen MR) is 109 cm³/mol. The molecule has 1 saturated heterocycles. The minimum atomic E-state index is 0.285. The molecule has 0 saturated carbocycles. The van der Waals surface area contributed by atoms with Crippen LogP contribution in [0, 0.1) is 4.84 Å². The van der Waals surface area contributed by atoms with Crippen molar-refractivity contribution in [2.45, 2.75) is 25.6 Å². The number of likely N-dealkylation sites (tertiary alicyclic amines) is 1. The van der Waals surface area contributed by atoms with E-state index in [0.717, 1.165) is 42.2 Å². The van der Waals surface area contributed by atoms with Crippen LogP contribution in [0.5, 0.6) is 17.2 Å². The Bertz CT molecular complexity index is 1080. The zero-order valence-electron chi connectivity index (χ0n) is 16.0. The Morgan fingerprint density at radius 2 is 1.97 bits per heavy atom. The van der Waals surface area contributed by atoms with Gasteiger partial charge in [0.05, 0.1) is 13.8 Å². The molecule has 1 unspecified atom stereocenters. The van der Waals surface area contributed by atoms with Crippen molar-refractivity contribution in [2.75, 3.05) is 20.4 Å². The van der Waals surface area contributed by atoms with Gasteiger partial charge < -0.3 is 18.6 Å². The summed E-state index contributed by atoms with van der Waals surface area (Å²) in [5, 5.41) is 4.60. The lowest BCUT2D eigenvalue weighted by Gasteiger charge is -2.24. The van der Waals surface area contributed by atoms with Crippen molar-refractivity contribution in [2.24, 2.45) is 0 Å². The van der Waals surface area contributed by atoms with Crippen molar-refractivity contribution < 1.29 is 18.6 Å². The highest BCUT2D eigenvalue weighted by Gasteiger charge is 2.28. The predicted octanol–water partition coefficient (Wildman–Crippen LogP) is 4.40. The minimum Gasteiger partial charge on any atom is -0.497 e. The summed E-state index contributed by atoms with van der Waals surface area (Å²) >= 11 is 5.42. The zero-order chi connectivity index (χ0) is 19.8. The zero-order valence-corrected chi connectivity index (χ0v) is 16.9. The number of hydrogen-bond acceptors (Lipinski definition) is 7. The second kappa shape index (κ2) is 7.53. The van der Waals surface area contributed by atoms with Gasteiger partial charge in [-0.25, -0.2) is 4.68 Å². The van der Waals surface area contributed by atoms with Crippen LogP contribution in [0.25, 0.3) is 11.5 Å². The second-order valence-corrected chi connectivity index (χ2v) is 7.47. The van der Waals surface area contributed by atoms with Gasteiger partial charge in [0.2, 0.25) is 12.7 Å². The molecule has 1 aromatic heterocycles. The Morgan fingerprint density at radius 1 is 1.14 bits per heavy atom. The maximum atomic E-state index is 5.75. The highest BCUT2D eigenvalue weighted by Crippen LogP contribution is 2.39. The average Bonchev–Trinajstić information content (AvgIpc) is 3.48. The molecule has 0 bridgehead atoms. The molecule has 7 nitrogen and oxygen atoms in total. The van der Waals surface area contributed by atoms with Crippen molar-refractivity contribution in [3.8, 4) is 28.7 Å². The van der Waals surface area contributed by atoms with Crippen LogP contribution in [0.2, 0.25) is 0 Å². The van der Waals surface area contributed by atoms with E-state index >= 15 is 0 Å². The molecule has 2 aliphatic rings. The molecule has 1 atom stereocenters. The Kier molecular flexibility index (Phi) is 4.73. The molecule has 0 aliphatic carbocycles. The van der Waals surface area contributed by atoms with E-state index in [1.807, 2.05) is 30.3 Å². The lowest BCUT2D eigenvalue weighted by atomic mass is 10.0. The lowest BCUT2D eigenvalue weighted by Crippen LogP contribution is -2.26. The minimum absolute atomic E-state index is 0.285. The van der Waals surface area contributed by atoms with Crippen LogP contribution in [0.1, 0.15) is 24.4 Å².